The molecule has 5 N–H and O–H groups in total. The molecular formula is C38H55BrN6O8. The number of nitrogens with zero attached hydrogens (tertiary/aromatic N) is 2. The molecule has 1 aliphatic rings. The molecule has 2 rings (SSSR count). The predicted molar refractivity (Wildman–Crippen MR) is 204 cm³/mol. The molecule has 1 unspecified atom stereocenters. The van der Waals surface area contributed by atoms with Crippen molar-refractivity contribution in [1.29, 1.82) is 0 Å². The van der Waals surface area contributed by atoms with Gasteiger partial charge >= 0.3 is 5.97 Å². The lowest BCUT2D eigenvalue weighted by molar-refractivity contribution is -0.142. The molecule has 6 amide bonds. The average Bonchev–Trinajstić information content (AvgIpc) is 3.38. The molecule has 292 valence electrons. The Hall–Kier alpha value is -4.37. The fourth-order valence-corrected chi connectivity index (χ4v) is 6.43. The molecule has 1 aromatic rings. The van der Waals surface area contributed by atoms with Crippen LogP contribution in [-0.4, -0.2) is 108 Å². The van der Waals surface area contributed by atoms with E-state index in [0.717, 1.165) is 27.1 Å². The van der Waals surface area contributed by atoms with Crippen LogP contribution in [0.3, 0.4) is 0 Å². The number of likely N-dealkylation sites (N-methyl/N-ethyl adjacent to an activating group) is 2. The van der Waals surface area contributed by atoms with Crippen molar-refractivity contribution < 1.29 is 38.7 Å². The Morgan fingerprint density at radius 3 is 2.09 bits per heavy atom. The van der Waals surface area contributed by atoms with E-state index in [1.807, 2.05) is 72.7 Å². The summed E-state index contributed by atoms with van der Waals surface area (Å²) in [5.74, 6) is -4.39. The van der Waals surface area contributed by atoms with Gasteiger partial charge in [0.15, 0.2) is 0 Å². The number of rotatable bonds is 18. The van der Waals surface area contributed by atoms with Crippen LogP contribution in [0.2, 0.25) is 0 Å². The molecule has 0 aromatic heterocycles. The van der Waals surface area contributed by atoms with Crippen LogP contribution in [0, 0.1) is 11.3 Å². The van der Waals surface area contributed by atoms with Gasteiger partial charge in [-0.25, -0.2) is 4.79 Å². The zero-order valence-corrected chi connectivity index (χ0v) is 33.9. The lowest BCUT2D eigenvalue weighted by atomic mass is 9.76. The molecule has 1 aromatic carbocycles. The highest BCUT2D eigenvalue weighted by atomic mass is 79.9. The van der Waals surface area contributed by atoms with Crippen molar-refractivity contribution in [3.05, 3.63) is 58.1 Å². The molecule has 0 bridgehead atoms. The number of carboxylic acid groups (broad SMARTS) is 1. The molecule has 0 spiro atoms. The predicted octanol–water partition coefficient (Wildman–Crippen LogP) is 2.67. The molecule has 15 heteroatoms. The van der Waals surface area contributed by atoms with E-state index in [-0.39, 0.29) is 49.2 Å². The Kier molecular flexibility index (Phi) is 16.1. The molecule has 0 aliphatic carbocycles. The topological polar surface area (TPSA) is 194 Å². The summed E-state index contributed by atoms with van der Waals surface area (Å²) in [6, 6.07) is 4.09. The monoisotopic (exact) mass is 802 g/mol. The first-order chi connectivity index (χ1) is 24.5. The van der Waals surface area contributed by atoms with Crippen molar-refractivity contribution in [2.24, 2.45) is 11.3 Å². The fourth-order valence-electron chi connectivity index (χ4n) is 6.04. The Morgan fingerprint density at radius 1 is 0.981 bits per heavy atom. The van der Waals surface area contributed by atoms with Crippen molar-refractivity contribution in [2.75, 3.05) is 27.2 Å². The number of carbonyl (C=O) groups excluding carboxylic acids is 6. The van der Waals surface area contributed by atoms with Crippen LogP contribution in [0.15, 0.2) is 52.5 Å². The Balaban J connectivity index is 2.15. The highest BCUT2D eigenvalue weighted by molar-refractivity contribution is 9.10. The van der Waals surface area contributed by atoms with Gasteiger partial charge in [-0.15, -0.1) is 0 Å². The first kappa shape index (κ1) is 44.8. The first-order valence-electron chi connectivity index (χ1n) is 17.6. The van der Waals surface area contributed by atoms with Crippen molar-refractivity contribution in [2.45, 2.75) is 97.8 Å². The standard InChI is InChI=1S/C38H55BrN6O8/c1-22(2)27(20-23(3)33(49)42-26(36(52)53)14-15-28(46)41-18-19-45-29(47)16-17-30(45)48)44(10)35(51)32(37(4,5)6)43-34(50)31(40-9)38(7,8)24-12-11-13-25(39)21-24/h11-13,16-17,20-22,26-27,31-32,40H,14-15,18-19H2,1-10H3,(H,41,46)(H,42,49)(H,43,50)(H,52,53)/b23-20+/t26-,27-,31+,32?/m1/s1. The number of carbonyl (C=O) groups is 7. The second-order valence-electron chi connectivity index (χ2n) is 15.2. The second kappa shape index (κ2) is 19.1. The van der Waals surface area contributed by atoms with E-state index in [2.05, 4.69) is 37.2 Å². The number of hydrogen-bond acceptors (Lipinski definition) is 8. The van der Waals surface area contributed by atoms with Gasteiger partial charge < -0.3 is 31.3 Å². The zero-order valence-electron chi connectivity index (χ0n) is 32.3. The van der Waals surface area contributed by atoms with Gasteiger partial charge in [0.1, 0.15) is 12.1 Å². The van der Waals surface area contributed by atoms with Gasteiger partial charge in [0.05, 0.1) is 12.1 Å². The molecule has 4 atom stereocenters. The third-order valence-corrected chi connectivity index (χ3v) is 9.81. The summed E-state index contributed by atoms with van der Waals surface area (Å²) >= 11 is 3.50. The molecule has 1 aliphatic heterocycles. The highest BCUT2D eigenvalue weighted by Gasteiger charge is 2.42. The van der Waals surface area contributed by atoms with Gasteiger partial charge in [0.25, 0.3) is 11.8 Å². The number of halogens is 1. The van der Waals surface area contributed by atoms with Crippen LogP contribution in [-0.2, 0) is 39.0 Å². The highest BCUT2D eigenvalue weighted by Crippen LogP contribution is 2.30. The minimum atomic E-state index is -1.39. The summed E-state index contributed by atoms with van der Waals surface area (Å²) in [5, 5.41) is 20.9. The molecule has 14 nitrogen and oxygen atoms in total. The van der Waals surface area contributed by atoms with Gasteiger partial charge in [0, 0.05) is 54.2 Å². The number of nitrogens with one attached hydrogen (secondary N) is 4. The molecule has 0 radical (unpaired) electrons. The Morgan fingerprint density at radius 2 is 1.58 bits per heavy atom. The van der Waals surface area contributed by atoms with E-state index in [1.54, 1.807) is 20.2 Å². The van der Waals surface area contributed by atoms with Gasteiger partial charge in [-0.05, 0) is 49.4 Å². The van der Waals surface area contributed by atoms with Crippen molar-refractivity contribution in [3.63, 3.8) is 0 Å². The van der Waals surface area contributed by atoms with Crippen LogP contribution >= 0.6 is 15.9 Å². The van der Waals surface area contributed by atoms with E-state index in [9.17, 15) is 38.7 Å². The zero-order chi connectivity index (χ0) is 40.4. The van der Waals surface area contributed by atoms with Crippen LogP contribution in [0.1, 0.15) is 73.8 Å². The van der Waals surface area contributed by atoms with Crippen LogP contribution in [0.5, 0.6) is 0 Å². The SMILES string of the molecule is CN[C@@H](C(=O)NC(C(=O)N(C)[C@H](/C=C(\C)C(=O)N[C@H](CCC(=O)NCCN1C(=O)C=CC1=O)C(=O)O)C(C)C)C(C)(C)C)C(C)(C)c1cccc(Br)c1. The van der Waals surface area contributed by atoms with Gasteiger partial charge in [-0.1, -0.05) is 82.6 Å². The fraction of sp³-hybridized carbons (Fsp3) is 0.553. The lowest BCUT2D eigenvalue weighted by Crippen LogP contribution is -2.61. The molecule has 0 saturated carbocycles. The largest absolute Gasteiger partial charge is 0.480 e. The number of imide groups is 1. The minimum absolute atomic E-state index is 0.00752. The Bertz CT molecular complexity index is 1600. The van der Waals surface area contributed by atoms with Crippen molar-refractivity contribution in [1.82, 2.24) is 31.1 Å². The Labute approximate surface area is 320 Å². The van der Waals surface area contributed by atoms with Gasteiger partial charge in [-0.2, -0.15) is 0 Å². The maximum Gasteiger partial charge on any atom is 0.326 e. The minimum Gasteiger partial charge on any atom is -0.480 e. The smallest absolute Gasteiger partial charge is 0.326 e. The van der Waals surface area contributed by atoms with Gasteiger partial charge in [-0.3, -0.25) is 33.7 Å². The average molecular weight is 804 g/mol. The molecule has 1 heterocycles. The summed E-state index contributed by atoms with van der Waals surface area (Å²) in [6.45, 7) is 14.7. The maximum atomic E-state index is 14.2. The van der Waals surface area contributed by atoms with Crippen LogP contribution < -0.4 is 21.3 Å². The van der Waals surface area contributed by atoms with Crippen LogP contribution in [0.4, 0.5) is 0 Å². The summed E-state index contributed by atoms with van der Waals surface area (Å²) in [6.07, 6.45) is 3.41. The number of aliphatic carboxylic acids is 1. The third kappa shape index (κ3) is 12.3. The first-order valence-corrected chi connectivity index (χ1v) is 18.3. The number of amides is 6. The molecule has 53 heavy (non-hydrogen) atoms. The normalized spacial score (nSPS) is 15.8. The van der Waals surface area contributed by atoms with Gasteiger partial charge in [0.2, 0.25) is 23.6 Å². The van der Waals surface area contributed by atoms with Crippen LogP contribution in [0.25, 0.3) is 0 Å². The second-order valence-corrected chi connectivity index (χ2v) is 16.1. The van der Waals surface area contributed by atoms with E-state index in [0.29, 0.717) is 0 Å². The van der Waals surface area contributed by atoms with Crippen molar-refractivity contribution >= 4 is 57.3 Å². The lowest BCUT2D eigenvalue weighted by Gasteiger charge is -2.40. The summed E-state index contributed by atoms with van der Waals surface area (Å²) in [4.78, 5) is 91.4. The maximum absolute atomic E-state index is 14.2. The number of hydrogen-bond donors (Lipinski definition) is 5. The summed E-state index contributed by atoms with van der Waals surface area (Å²) in [5.41, 5.74) is -0.264. The molecule has 0 fully saturated rings. The molecular weight excluding hydrogens is 748 g/mol. The quantitative estimate of drug-likeness (QED) is 0.110. The van der Waals surface area contributed by atoms with E-state index >= 15 is 0 Å². The number of benzene rings is 1. The van der Waals surface area contributed by atoms with E-state index < -0.39 is 64.6 Å². The van der Waals surface area contributed by atoms with Crippen molar-refractivity contribution in [3.8, 4) is 0 Å². The number of carboxylic acids is 1. The summed E-state index contributed by atoms with van der Waals surface area (Å²) < 4.78 is 0.878. The van der Waals surface area contributed by atoms with E-state index in [4.69, 9.17) is 0 Å². The van der Waals surface area contributed by atoms with E-state index in [1.165, 1.54) is 11.8 Å². The summed E-state index contributed by atoms with van der Waals surface area (Å²) in [7, 11) is 3.30. The molecule has 0 saturated heterocycles. The third-order valence-electron chi connectivity index (χ3n) is 9.32.